The molecule has 1 aliphatic rings. The van der Waals surface area contributed by atoms with Crippen molar-refractivity contribution in [1.29, 1.82) is 0 Å². The van der Waals surface area contributed by atoms with Crippen molar-refractivity contribution < 1.29 is 19.0 Å². The second-order valence-electron chi connectivity index (χ2n) is 3.81. The summed E-state index contributed by atoms with van der Waals surface area (Å²) >= 11 is 0. The van der Waals surface area contributed by atoms with Crippen molar-refractivity contribution in [2.24, 2.45) is 0 Å². The Hall–Kier alpha value is -1.75. The third kappa shape index (κ3) is 3.35. The second kappa shape index (κ2) is 5.05. The number of nitrogens with one attached hydrogen (secondary N) is 1. The molecule has 17 heavy (non-hydrogen) atoms. The molecule has 0 aliphatic carbocycles. The third-order valence-electron chi connectivity index (χ3n) is 2.33. The van der Waals surface area contributed by atoms with Gasteiger partial charge in [0.25, 0.3) is 0 Å². The molecule has 1 N–H and O–H groups in total. The third-order valence-corrected chi connectivity index (χ3v) is 2.33. The zero-order valence-electron chi connectivity index (χ0n) is 9.86. The van der Waals surface area contributed by atoms with Crippen molar-refractivity contribution in [2.75, 3.05) is 25.6 Å². The number of carbonyl (C=O) groups excluding carboxylic acids is 1. The van der Waals surface area contributed by atoms with Gasteiger partial charge in [-0.05, 0) is 12.1 Å². The average molecular weight is 237 g/mol. The first-order chi connectivity index (χ1) is 8.19. The first kappa shape index (κ1) is 11.7. The molecule has 2 rings (SSSR count). The number of rotatable bonds is 5. The van der Waals surface area contributed by atoms with Crippen molar-refractivity contribution >= 4 is 11.6 Å². The van der Waals surface area contributed by atoms with E-state index in [1.54, 1.807) is 25.3 Å². The largest absolute Gasteiger partial charge is 0.497 e. The average Bonchev–Trinajstić information content (AvgIpc) is 3.11. The number of benzene rings is 1. The molecule has 0 aromatic heterocycles. The fraction of sp³-hybridized carbons (Fsp3) is 0.417. The molecule has 1 aromatic rings. The van der Waals surface area contributed by atoms with E-state index in [2.05, 4.69) is 5.32 Å². The van der Waals surface area contributed by atoms with Crippen LogP contribution in [-0.2, 0) is 9.53 Å². The first-order valence-corrected chi connectivity index (χ1v) is 5.39. The SMILES string of the molecule is COc1ccc(NC(C)=O)c(OC[C@H]2CO2)c1. The number of anilines is 1. The lowest BCUT2D eigenvalue weighted by Crippen LogP contribution is -2.10. The molecular weight excluding hydrogens is 222 g/mol. The van der Waals surface area contributed by atoms with Gasteiger partial charge in [0.15, 0.2) is 0 Å². The lowest BCUT2D eigenvalue weighted by Gasteiger charge is -2.12. The van der Waals surface area contributed by atoms with E-state index >= 15 is 0 Å². The highest BCUT2D eigenvalue weighted by molar-refractivity contribution is 5.90. The standard InChI is InChI=1S/C12H15NO4/c1-8(14)13-11-4-3-9(15-2)5-12(11)17-7-10-6-16-10/h3-5,10H,6-7H2,1-2H3,(H,13,14)/t10-/m1/s1. The van der Waals surface area contributed by atoms with Crippen LogP contribution in [0.5, 0.6) is 11.5 Å². The summed E-state index contributed by atoms with van der Waals surface area (Å²) < 4.78 is 15.8. The maximum Gasteiger partial charge on any atom is 0.221 e. The van der Waals surface area contributed by atoms with Crippen LogP contribution < -0.4 is 14.8 Å². The number of methoxy groups -OCH3 is 1. The molecule has 1 aliphatic heterocycles. The van der Waals surface area contributed by atoms with Crippen molar-refractivity contribution in [3.8, 4) is 11.5 Å². The van der Waals surface area contributed by atoms with E-state index in [1.807, 2.05) is 0 Å². The van der Waals surface area contributed by atoms with E-state index in [1.165, 1.54) is 6.92 Å². The van der Waals surface area contributed by atoms with Crippen LogP contribution in [-0.4, -0.2) is 32.3 Å². The van der Waals surface area contributed by atoms with Gasteiger partial charge in [0, 0.05) is 13.0 Å². The van der Waals surface area contributed by atoms with Gasteiger partial charge in [0.1, 0.15) is 24.2 Å². The molecule has 1 heterocycles. The van der Waals surface area contributed by atoms with E-state index in [0.717, 1.165) is 6.61 Å². The molecule has 92 valence electrons. The predicted molar refractivity (Wildman–Crippen MR) is 62.5 cm³/mol. The fourth-order valence-electron chi connectivity index (χ4n) is 1.39. The summed E-state index contributed by atoms with van der Waals surface area (Å²) in [5.74, 6) is 1.14. The van der Waals surface area contributed by atoms with Crippen LogP contribution in [0.3, 0.4) is 0 Å². The van der Waals surface area contributed by atoms with Gasteiger partial charge in [-0.3, -0.25) is 4.79 Å². The number of ether oxygens (including phenoxy) is 3. The van der Waals surface area contributed by atoms with Gasteiger partial charge in [0.2, 0.25) is 5.91 Å². The highest BCUT2D eigenvalue weighted by Gasteiger charge is 2.23. The Morgan fingerprint density at radius 3 is 2.94 bits per heavy atom. The minimum absolute atomic E-state index is 0.136. The minimum Gasteiger partial charge on any atom is -0.497 e. The van der Waals surface area contributed by atoms with Crippen molar-refractivity contribution in [3.63, 3.8) is 0 Å². The van der Waals surface area contributed by atoms with E-state index < -0.39 is 0 Å². The molecule has 1 amide bonds. The number of hydrogen-bond donors (Lipinski definition) is 1. The molecule has 0 unspecified atom stereocenters. The Labute approximate surface area is 99.7 Å². The smallest absolute Gasteiger partial charge is 0.221 e. The number of hydrogen-bond acceptors (Lipinski definition) is 4. The molecule has 0 spiro atoms. The summed E-state index contributed by atoms with van der Waals surface area (Å²) in [6.07, 6.45) is 0.173. The highest BCUT2D eigenvalue weighted by atomic mass is 16.6. The van der Waals surface area contributed by atoms with E-state index in [0.29, 0.717) is 23.8 Å². The maximum absolute atomic E-state index is 11.0. The molecule has 5 heteroatoms. The lowest BCUT2D eigenvalue weighted by atomic mass is 10.2. The summed E-state index contributed by atoms with van der Waals surface area (Å²) in [6, 6.07) is 5.27. The lowest BCUT2D eigenvalue weighted by molar-refractivity contribution is -0.114. The van der Waals surface area contributed by atoms with Gasteiger partial charge in [0.05, 0.1) is 19.4 Å². The Bertz CT molecular complexity index is 415. The molecule has 0 radical (unpaired) electrons. The number of amides is 1. The van der Waals surface area contributed by atoms with Crippen LogP contribution in [0.2, 0.25) is 0 Å². The second-order valence-corrected chi connectivity index (χ2v) is 3.81. The van der Waals surface area contributed by atoms with Crippen LogP contribution in [0.25, 0.3) is 0 Å². The molecular formula is C12H15NO4. The Morgan fingerprint density at radius 1 is 1.59 bits per heavy atom. The summed E-state index contributed by atoms with van der Waals surface area (Å²) in [4.78, 5) is 11.0. The van der Waals surface area contributed by atoms with Gasteiger partial charge in [-0.1, -0.05) is 0 Å². The molecule has 1 saturated heterocycles. The molecule has 0 bridgehead atoms. The Kier molecular flexibility index (Phi) is 3.49. The van der Waals surface area contributed by atoms with Crippen molar-refractivity contribution in [3.05, 3.63) is 18.2 Å². The topological polar surface area (TPSA) is 60.1 Å². The van der Waals surface area contributed by atoms with Gasteiger partial charge < -0.3 is 19.5 Å². The van der Waals surface area contributed by atoms with Crippen molar-refractivity contribution in [2.45, 2.75) is 13.0 Å². The number of epoxide rings is 1. The van der Waals surface area contributed by atoms with Gasteiger partial charge in [-0.25, -0.2) is 0 Å². The summed E-state index contributed by atoms with van der Waals surface area (Å²) in [5, 5.41) is 2.71. The Morgan fingerprint density at radius 2 is 2.35 bits per heavy atom. The van der Waals surface area contributed by atoms with Crippen molar-refractivity contribution in [1.82, 2.24) is 0 Å². The van der Waals surface area contributed by atoms with Crippen LogP contribution in [0.1, 0.15) is 6.92 Å². The Balaban J connectivity index is 2.12. The summed E-state index contributed by atoms with van der Waals surface area (Å²) in [5.41, 5.74) is 0.638. The molecule has 5 nitrogen and oxygen atoms in total. The first-order valence-electron chi connectivity index (χ1n) is 5.39. The van der Waals surface area contributed by atoms with Crippen LogP contribution >= 0.6 is 0 Å². The summed E-state index contributed by atoms with van der Waals surface area (Å²) in [6.45, 7) is 2.68. The van der Waals surface area contributed by atoms with Gasteiger partial charge in [-0.2, -0.15) is 0 Å². The van der Waals surface area contributed by atoms with Crippen LogP contribution in [0.15, 0.2) is 18.2 Å². The maximum atomic E-state index is 11.0. The fourth-order valence-corrected chi connectivity index (χ4v) is 1.39. The van der Waals surface area contributed by atoms with Gasteiger partial charge >= 0.3 is 0 Å². The molecule has 1 atom stereocenters. The van der Waals surface area contributed by atoms with Crippen LogP contribution in [0, 0.1) is 0 Å². The zero-order valence-corrected chi connectivity index (χ0v) is 9.86. The van der Waals surface area contributed by atoms with Gasteiger partial charge in [-0.15, -0.1) is 0 Å². The predicted octanol–water partition coefficient (Wildman–Crippen LogP) is 1.43. The van der Waals surface area contributed by atoms with E-state index in [-0.39, 0.29) is 12.0 Å². The van der Waals surface area contributed by atoms with E-state index in [4.69, 9.17) is 14.2 Å². The molecule has 1 fully saturated rings. The monoisotopic (exact) mass is 237 g/mol. The van der Waals surface area contributed by atoms with Crippen LogP contribution in [0.4, 0.5) is 5.69 Å². The highest BCUT2D eigenvalue weighted by Crippen LogP contribution is 2.30. The number of carbonyl (C=O) groups is 1. The minimum atomic E-state index is -0.136. The molecule has 1 aromatic carbocycles. The summed E-state index contributed by atoms with van der Waals surface area (Å²) in [7, 11) is 1.58. The normalized spacial score (nSPS) is 17.4. The zero-order chi connectivity index (χ0) is 12.3. The molecule has 0 saturated carbocycles. The van der Waals surface area contributed by atoms with E-state index in [9.17, 15) is 4.79 Å². The quantitative estimate of drug-likeness (QED) is 0.787.